The smallest absolute Gasteiger partial charge is 0.319 e. The van der Waals surface area contributed by atoms with Crippen LogP contribution in [-0.2, 0) is 9.53 Å². The van der Waals surface area contributed by atoms with Crippen LogP contribution in [0.4, 0.5) is 0 Å². The van der Waals surface area contributed by atoms with E-state index in [-0.39, 0.29) is 0 Å². The molecular weight excluding hydrogens is 212 g/mol. The largest absolute Gasteiger partial charge is 0.480 e. The van der Waals surface area contributed by atoms with Gasteiger partial charge in [0, 0.05) is 18.5 Å². The standard InChI is InChI=1S/C11H18O3S/c1-11(10(12)13,8-2-3-8)15-9-4-6-14-7-5-9/h8-9H,2-7H2,1H3,(H,12,13). The van der Waals surface area contributed by atoms with E-state index in [2.05, 4.69) is 0 Å². The molecule has 0 amide bonds. The third-order valence-electron chi connectivity index (χ3n) is 3.36. The molecule has 15 heavy (non-hydrogen) atoms. The Balaban J connectivity index is 1.96. The zero-order chi connectivity index (χ0) is 10.9. The molecule has 0 aromatic heterocycles. The molecule has 2 aliphatic rings. The van der Waals surface area contributed by atoms with Gasteiger partial charge in [-0.15, -0.1) is 11.8 Å². The van der Waals surface area contributed by atoms with Crippen molar-refractivity contribution in [2.24, 2.45) is 5.92 Å². The summed E-state index contributed by atoms with van der Waals surface area (Å²) in [4.78, 5) is 11.3. The first-order valence-corrected chi connectivity index (χ1v) is 6.50. The molecule has 1 aliphatic carbocycles. The summed E-state index contributed by atoms with van der Waals surface area (Å²) in [7, 11) is 0. The van der Waals surface area contributed by atoms with E-state index in [1.165, 1.54) is 0 Å². The zero-order valence-electron chi connectivity index (χ0n) is 9.07. The van der Waals surface area contributed by atoms with E-state index in [9.17, 15) is 9.90 Å². The van der Waals surface area contributed by atoms with Crippen molar-refractivity contribution in [2.75, 3.05) is 13.2 Å². The fraction of sp³-hybridized carbons (Fsp3) is 0.909. The van der Waals surface area contributed by atoms with Crippen molar-refractivity contribution in [1.82, 2.24) is 0 Å². The monoisotopic (exact) mass is 230 g/mol. The van der Waals surface area contributed by atoms with Crippen molar-refractivity contribution >= 4 is 17.7 Å². The van der Waals surface area contributed by atoms with Gasteiger partial charge < -0.3 is 9.84 Å². The number of carboxylic acids is 1. The number of carbonyl (C=O) groups is 1. The van der Waals surface area contributed by atoms with Crippen LogP contribution < -0.4 is 0 Å². The number of ether oxygens (including phenoxy) is 1. The van der Waals surface area contributed by atoms with E-state index in [0.29, 0.717) is 11.2 Å². The van der Waals surface area contributed by atoms with Gasteiger partial charge >= 0.3 is 5.97 Å². The highest BCUT2D eigenvalue weighted by molar-refractivity contribution is 8.02. The number of hydrogen-bond acceptors (Lipinski definition) is 3. The van der Waals surface area contributed by atoms with Gasteiger partial charge in [-0.1, -0.05) is 0 Å². The van der Waals surface area contributed by atoms with Crippen LogP contribution in [-0.4, -0.2) is 34.3 Å². The van der Waals surface area contributed by atoms with Gasteiger partial charge in [0.1, 0.15) is 4.75 Å². The quantitative estimate of drug-likeness (QED) is 0.804. The highest BCUT2D eigenvalue weighted by atomic mass is 32.2. The lowest BCUT2D eigenvalue weighted by Gasteiger charge is -2.31. The van der Waals surface area contributed by atoms with Crippen LogP contribution in [0, 0.1) is 5.92 Å². The number of rotatable bonds is 4. The number of carboxylic acid groups (broad SMARTS) is 1. The molecule has 1 aliphatic heterocycles. The maximum absolute atomic E-state index is 11.3. The highest BCUT2D eigenvalue weighted by Gasteiger charge is 2.49. The fourth-order valence-corrected chi connectivity index (χ4v) is 3.75. The normalized spacial score (nSPS) is 27.3. The Morgan fingerprint density at radius 3 is 2.40 bits per heavy atom. The van der Waals surface area contributed by atoms with Gasteiger partial charge in [-0.2, -0.15) is 0 Å². The molecule has 2 fully saturated rings. The summed E-state index contributed by atoms with van der Waals surface area (Å²) in [5.74, 6) is -0.246. The molecule has 1 unspecified atom stereocenters. The molecular formula is C11H18O3S. The first kappa shape index (κ1) is 11.3. The Morgan fingerprint density at radius 2 is 1.93 bits per heavy atom. The maximum Gasteiger partial charge on any atom is 0.319 e. The molecule has 0 aromatic rings. The van der Waals surface area contributed by atoms with E-state index in [4.69, 9.17) is 4.74 Å². The molecule has 0 aromatic carbocycles. The zero-order valence-corrected chi connectivity index (χ0v) is 9.89. The van der Waals surface area contributed by atoms with E-state index < -0.39 is 10.7 Å². The topological polar surface area (TPSA) is 46.5 Å². The molecule has 1 saturated carbocycles. The Kier molecular flexibility index (Phi) is 3.26. The molecule has 2 rings (SSSR count). The van der Waals surface area contributed by atoms with Crippen molar-refractivity contribution < 1.29 is 14.6 Å². The number of aliphatic carboxylic acids is 1. The van der Waals surface area contributed by atoms with Crippen LogP contribution in [0.25, 0.3) is 0 Å². The van der Waals surface area contributed by atoms with Crippen molar-refractivity contribution in [3.63, 3.8) is 0 Å². The molecule has 0 radical (unpaired) electrons. The maximum atomic E-state index is 11.3. The first-order chi connectivity index (χ1) is 7.13. The Morgan fingerprint density at radius 1 is 1.33 bits per heavy atom. The fourth-order valence-electron chi connectivity index (χ4n) is 2.10. The summed E-state index contributed by atoms with van der Waals surface area (Å²) in [6, 6.07) is 0. The van der Waals surface area contributed by atoms with Crippen LogP contribution in [0.3, 0.4) is 0 Å². The molecule has 1 atom stereocenters. The lowest BCUT2D eigenvalue weighted by Crippen LogP contribution is -2.37. The van der Waals surface area contributed by atoms with Crippen LogP contribution in [0.1, 0.15) is 32.6 Å². The van der Waals surface area contributed by atoms with Gasteiger partial charge in [0.15, 0.2) is 0 Å². The predicted molar refractivity (Wildman–Crippen MR) is 60.2 cm³/mol. The Bertz CT molecular complexity index is 246. The molecule has 0 spiro atoms. The minimum atomic E-state index is -0.638. The number of thioether (sulfide) groups is 1. The molecule has 4 heteroatoms. The van der Waals surface area contributed by atoms with Gasteiger partial charge in [-0.05, 0) is 38.5 Å². The second-order valence-electron chi connectivity index (χ2n) is 4.62. The molecule has 86 valence electrons. The van der Waals surface area contributed by atoms with E-state index in [1.807, 2.05) is 6.92 Å². The average molecular weight is 230 g/mol. The van der Waals surface area contributed by atoms with Crippen molar-refractivity contribution in [1.29, 1.82) is 0 Å². The molecule has 1 heterocycles. The summed E-state index contributed by atoms with van der Waals surface area (Å²) >= 11 is 1.67. The second-order valence-corrected chi connectivity index (χ2v) is 6.37. The van der Waals surface area contributed by atoms with Gasteiger partial charge in [0.05, 0.1) is 0 Å². The highest BCUT2D eigenvalue weighted by Crippen LogP contribution is 2.50. The molecule has 1 N–H and O–H groups in total. The summed E-state index contributed by atoms with van der Waals surface area (Å²) in [6.07, 6.45) is 4.17. The van der Waals surface area contributed by atoms with Crippen LogP contribution in [0.15, 0.2) is 0 Å². The Labute approximate surface area is 94.6 Å². The van der Waals surface area contributed by atoms with Gasteiger partial charge in [-0.3, -0.25) is 4.79 Å². The summed E-state index contributed by atoms with van der Waals surface area (Å²) in [5, 5.41) is 9.79. The minimum Gasteiger partial charge on any atom is -0.480 e. The van der Waals surface area contributed by atoms with Gasteiger partial charge in [-0.25, -0.2) is 0 Å². The van der Waals surface area contributed by atoms with Crippen LogP contribution in [0.5, 0.6) is 0 Å². The lowest BCUT2D eigenvalue weighted by atomic mass is 10.1. The molecule has 0 bridgehead atoms. The first-order valence-electron chi connectivity index (χ1n) is 5.62. The third-order valence-corrected chi connectivity index (χ3v) is 5.16. The van der Waals surface area contributed by atoms with Crippen LogP contribution >= 0.6 is 11.8 Å². The summed E-state index contributed by atoms with van der Waals surface area (Å²) in [6.45, 7) is 3.48. The second kappa shape index (κ2) is 4.34. The average Bonchev–Trinajstić information content (AvgIpc) is 3.02. The van der Waals surface area contributed by atoms with Gasteiger partial charge in [0.25, 0.3) is 0 Å². The van der Waals surface area contributed by atoms with Crippen molar-refractivity contribution in [3.8, 4) is 0 Å². The van der Waals surface area contributed by atoms with Crippen LogP contribution in [0.2, 0.25) is 0 Å². The van der Waals surface area contributed by atoms with Gasteiger partial charge in [0.2, 0.25) is 0 Å². The third kappa shape index (κ3) is 2.48. The summed E-state index contributed by atoms with van der Waals surface area (Å²) in [5.41, 5.74) is 0. The van der Waals surface area contributed by atoms with E-state index >= 15 is 0 Å². The molecule has 1 saturated heterocycles. The summed E-state index contributed by atoms with van der Waals surface area (Å²) < 4.78 is 4.74. The van der Waals surface area contributed by atoms with E-state index in [1.54, 1.807) is 11.8 Å². The number of hydrogen-bond donors (Lipinski definition) is 1. The molecule has 3 nitrogen and oxygen atoms in total. The SMILES string of the molecule is CC(SC1CCOCC1)(C(=O)O)C1CC1. The lowest BCUT2D eigenvalue weighted by molar-refractivity contribution is -0.140. The minimum absolute atomic E-state index is 0.392. The Hall–Kier alpha value is -0.220. The van der Waals surface area contributed by atoms with E-state index in [0.717, 1.165) is 38.9 Å². The van der Waals surface area contributed by atoms with Crippen molar-refractivity contribution in [3.05, 3.63) is 0 Å². The van der Waals surface area contributed by atoms with Crippen molar-refractivity contribution in [2.45, 2.75) is 42.6 Å². The predicted octanol–water partition coefficient (Wildman–Crippen LogP) is 2.15.